The second-order valence-electron chi connectivity index (χ2n) is 7.42. The maximum Gasteiger partial charge on any atom is 0.0456 e. The molecule has 1 aromatic heterocycles. The Hall–Kier alpha value is -1.28. The summed E-state index contributed by atoms with van der Waals surface area (Å²) in [5.41, 5.74) is 2.89. The van der Waals surface area contributed by atoms with E-state index in [-0.39, 0.29) is 0 Å². The van der Waals surface area contributed by atoms with Gasteiger partial charge in [-0.3, -0.25) is 0 Å². The molecule has 1 heterocycles. The van der Waals surface area contributed by atoms with Crippen LogP contribution in [0.5, 0.6) is 0 Å². The second-order valence-corrected chi connectivity index (χ2v) is 7.42. The SMILES string of the molecule is CN(C)CC1C2CCC(CC2)C1c1c[nH]c2ccccc12. The van der Waals surface area contributed by atoms with Crippen LogP contribution in [-0.4, -0.2) is 30.5 Å². The Morgan fingerprint density at radius 3 is 2.52 bits per heavy atom. The van der Waals surface area contributed by atoms with E-state index >= 15 is 0 Å². The fourth-order valence-corrected chi connectivity index (χ4v) is 5.11. The molecule has 2 bridgehead atoms. The third-order valence-corrected chi connectivity index (χ3v) is 5.95. The lowest BCUT2D eigenvalue weighted by molar-refractivity contribution is 0.0513. The van der Waals surface area contributed by atoms with Crippen LogP contribution in [0.25, 0.3) is 10.9 Å². The molecule has 3 aliphatic rings. The summed E-state index contributed by atoms with van der Waals surface area (Å²) in [5.74, 6) is 3.44. The van der Waals surface area contributed by atoms with Crippen molar-refractivity contribution in [1.82, 2.24) is 9.88 Å². The summed E-state index contributed by atoms with van der Waals surface area (Å²) >= 11 is 0. The predicted molar refractivity (Wildman–Crippen MR) is 88.5 cm³/mol. The predicted octanol–water partition coefficient (Wildman–Crippen LogP) is 4.25. The van der Waals surface area contributed by atoms with Gasteiger partial charge < -0.3 is 9.88 Å². The van der Waals surface area contributed by atoms with E-state index in [2.05, 4.69) is 54.4 Å². The first-order valence-corrected chi connectivity index (χ1v) is 8.45. The summed E-state index contributed by atoms with van der Waals surface area (Å²) < 4.78 is 0. The Bertz CT molecular complexity index is 619. The number of benzene rings is 1. The molecule has 0 radical (unpaired) electrons. The lowest BCUT2D eigenvalue weighted by atomic mass is 9.57. The van der Waals surface area contributed by atoms with E-state index in [1.807, 2.05) is 0 Å². The minimum Gasteiger partial charge on any atom is -0.361 e. The molecule has 3 saturated carbocycles. The smallest absolute Gasteiger partial charge is 0.0456 e. The van der Waals surface area contributed by atoms with Crippen LogP contribution in [0.4, 0.5) is 0 Å². The van der Waals surface area contributed by atoms with Crippen molar-refractivity contribution >= 4 is 10.9 Å². The first-order valence-electron chi connectivity index (χ1n) is 8.45. The van der Waals surface area contributed by atoms with E-state index in [0.717, 1.165) is 23.7 Å². The van der Waals surface area contributed by atoms with Crippen molar-refractivity contribution in [3.63, 3.8) is 0 Å². The number of nitrogens with one attached hydrogen (secondary N) is 1. The number of para-hydroxylation sites is 1. The Balaban J connectivity index is 1.76. The molecule has 2 nitrogen and oxygen atoms in total. The van der Waals surface area contributed by atoms with Gasteiger partial charge in [-0.25, -0.2) is 0 Å². The van der Waals surface area contributed by atoms with E-state index in [0.29, 0.717) is 0 Å². The van der Waals surface area contributed by atoms with Gasteiger partial charge in [0.1, 0.15) is 0 Å². The first-order chi connectivity index (χ1) is 10.2. The van der Waals surface area contributed by atoms with Crippen LogP contribution in [0.2, 0.25) is 0 Å². The number of nitrogens with zero attached hydrogens (tertiary/aromatic N) is 1. The highest BCUT2D eigenvalue weighted by Crippen LogP contribution is 2.54. The summed E-state index contributed by atoms with van der Waals surface area (Å²) in [6.45, 7) is 1.24. The van der Waals surface area contributed by atoms with E-state index in [9.17, 15) is 0 Å². The molecule has 0 saturated heterocycles. The number of aromatic nitrogens is 1. The lowest BCUT2D eigenvalue weighted by Gasteiger charge is -2.49. The van der Waals surface area contributed by atoms with Crippen molar-refractivity contribution in [2.75, 3.05) is 20.6 Å². The Kier molecular flexibility index (Phi) is 3.30. The minimum atomic E-state index is 0.760. The molecule has 1 N–H and O–H groups in total. The molecule has 5 rings (SSSR count). The molecular formula is C19H26N2. The number of fused-ring (bicyclic) bond motifs is 4. The number of rotatable bonds is 3. The fourth-order valence-electron chi connectivity index (χ4n) is 5.11. The van der Waals surface area contributed by atoms with Crippen LogP contribution < -0.4 is 0 Å². The quantitative estimate of drug-likeness (QED) is 0.891. The first kappa shape index (κ1) is 13.4. The van der Waals surface area contributed by atoms with Crippen molar-refractivity contribution in [1.29, 1.82) is 0 Å². The maximum atomic E-state index is 3.51. The molecule has 0 amide bonds. The maximum absolute atomic E-state index is 3.51. The van der Waals surface area contributed by atoms with Crippen LogP contribution in [-0.2, 0) is 0 Å². The molecule has 21 heavy (non-hydrogen) atoms. The van der Waals surface area contributed by atoms with Crippen molar-refractivity contribution in [2.24, 2.45) is 17.8 Å². The molecule has 112 valence electrons. The zero-order valence-electron chi connectivity index (χ0n) is 13.2. The summed E-state index contributed by atoms with van der Waals surface area (Å²) in [7, 11) is 4.46. The molecule has 3 fully saturated rings. The third kappa shape index (κ3) is 2.20. The molecule has 0 aliphatic heterocycles. The van der Waals surface area contributed by atoms with E-state index in [1.54, 1.807) is 5.56 Å². The van der Waals surface area contributed by atoms with Crippen LogP contribution in [0, 0.1) is 17.8 Å². The second kappa shape index (κ2) is 5.17. The highest BCUT2D eigenvalue weighted by Gasteiger charge is 2.44. The molecule has 2 heteroatoms. The van der Waals surface area contributed by atoms with Crippen molar-refractivity contribution < 1.29 is 0 Å². The number of aromatic amines is 1. The molecule has 0 spiro atoms. The largest absolute Gasteiger partial charge is 0.361 e. The van der Waals surface area contributed by atoms with Crippen molar-refractivity contribution in [3.05, 3.63) is 36.0 Å². The van der Waals surface area contributed by atoms with Gasteiger partial charge in [-0.15, -0.1) is 0 Å². The zero-order chi connectivity index (χ0) is 14.4. The topological polar surface area (TPSA) is 19.0 Å². The monoisotopic (exact) mass is 282 g/mol. The average Bonchev–Trinajstić information content (AvgIpc) is 2.92. The van der Waals surface area contributed by atoms with Gasteiger partial charge in [0.25, 0.3) is 0 Å². The van der Waals surface area contributed by atoms with Gasteiger partial charge in [0.2, 0.25) is 0 Å². The molecule has 1 aromatic carbocycles. The Morgan fingerprint density at radius 2 is 1.76 bits per heavy atom. The average molecular weight is 282 g/mol. The summed E-state index contributed by atoms with van der Waals surface area (Å²) in [4.78, 5) is 5.90. The molecule has 2 unspecified atom stereocenters. The normalized spacial score (nSPS) is 32.1. The standard InChI is InChI=1S/C19H26N2/c1-21(2)12-17-13-7-9-14(10-8-13)19(17)16-11-20-18-6-4-3-5-15(16)18/h3-6,11,13-14,17,19-20H,7-10,12H2,1-2H3. The van der Waals surface area contributed by atoms with Crippen LogP contribution in [0.1, 0.15) is 37.2 Å². The Labute approximate surface area is 127 Å². The van der Waals surface area contributed by atoms with E-state index in [1.165, 1.54) is 43.1 Å². The van der Waals surface area contributed by atoms with Gasteiger partial charge in [-0.1, -0.05) is 18.2 Å². The lowest BCUT2D eigenvalue weighted by Crippen LogP contribution is -2.43. The number of hydrogen-bond donors (Lipinski definition) is 1. The van der Waals surface area contributed by atoms with Crippen molar-refractivity contribution in [3.8, 4) is 0 Å². The molecule has 2 atom stereocenters. The highest BCUT2D eigenvalue weighted by molar-refractivity contribution is 5.83. The van der Waals surface area contributed by atoms with Gasteiger partial charge in [0.15, 0.2) is 0 Å². The van der Waals surface area contributed by atoms with Gasteiger partial charge in [-0.2, -0.15) is 0 Å². The summed E-state index contributed by atoms with van der Waals surface area (Å²) in [5, 5.41) is 1.46. The Morgan fingerprint density at radius 1 is 1.05 bits per heavy atom. The summed E-state index contributed by atoms with van der Waals surface area (Å²) in [6, 6.07) is 8.83. The van der Waals surface area contributed by atoms with Crippen LogP contribution >= 0.6 is 0 Å². The van der Waals surface area contributed by atoms with Crippen molar-refractivity contribution in [2.45, 2.75) is 31.6 Å². The summed E-state index contributed by atoms with van der Waals surface area (Å²) in [6.07, 6.45) is 8.11. The van der Waals surface area contributed by atoms with E-state index in [4.69, 9.17) is 0 Å². The molecule has 3 aliphatic carbocycles. The highest BCUT2D eigenvalue weighted by atomic mass is 15.1. The molecule has 2 aromatic rings. The van der Waals surface area contributed by atoms with Gasteiger partial charge >= 0.3 is 0 Å². The molecular weight excluding hydrogens is 256 g/mol. The number of H-pyrrole nitrogens is 1. The van der Waals surface area contributed by atoms with Crippen LogP contribution in [0.15, 0.2) is 30.5 Å². The van der Waals surface area contributed by atoms with E-state index < -0.39 is 0 Å². The third-order valence-electron chi connectivity index (χ3n) is 5.95. The number of hydrogen-bond acceptors (Lipinski definition) is 1. The van der Waals surface area contributed by atoms with Crippen LogP contribution in [0.3, 0.4) is 0 Å². The van der Waals surface area contributed by atoms with Gasteiger partial charge in [0.05, 0.1) is 0 Å². The van der Waals surface area contributed by atoms with Gasteiger partial charge in [0, 0.05) is 23.6 Å². The fraction of sp³-hybridized carbons (Fsp3) is 0.579. The minimum absolute atomic E-state index is 0.760. The van der Waals surface area contributed by atoms with Gasteiger partial charge in [-0.05, 0) is 75.1 Å². The zero-order valence-corrected chi connectivity index (χ0v) is 13.2.